The van der Waals surface area contributed by atoms with Crippen LogP contribution in [-0.2, 0) is 19.2 Å². The minimum atomic E-state index is -2.40. The van der Waals surface area contributed by atoms with Crippen molar-refractivity contribution in [2.45, 2.75) is 37.4 Å². The lowest BCUT2D eigenvalue weighted by molar-refractivity contribution is -0.149. The van der Waals surface area contributed by atoms with Crippen molar-refractivity contribution in [3.05, 3.63) is 30.1 Å². The quantitative estimate of drug-likeness (QED) is 0.424. The molecule has 3 aliphatic rings. The van der Waals surface area contributed by atoms with Gasteiger partial charge in [0.25, 0.3) is 23.4 Å². The topological polar surface area (TPSA) is 108 Å². The van der Waals surface area contributed by atoms with Gasteiger partial charge in [-0.05, 0) is 43.2 Å². The molecule has 1 aromatic rings. The van der Waals surface area contributed by atoms with Crippen molar-refractivity contribution in [1.29, 1.82) is 0 Å². The molecule has 35 heavy (non-hydrogen) atoms. The molecule has 2 N–H and O–H groups in total. The number of ether oxygens (including phenoxy) is 1. The van der Waals surface area contributed by atoms with Gasteiger partial charge in [-0.25, -0.2) is 13.8 Å². The largest absolute Gasteiger partial charge is 0.484 e. The Labute approximate surface area is 206 Å². The van der Waals surface area contributed by atoms with Crippen LogP contribution in [0.4, 0.5) is 8.78 Å². The summed E-state index contributed by atoms with van der Waals surface area (Å²) >= 11 is 5.35. The zero-order valence-electron chi connectivity index (χ0n) is 18.9. The Balaban J connectivity index is 1.47. The van der Waals surface area contributed by atoms with Gasteiger partial charge in [0.1, 0.15) is 17.6 Å². The predicted molar refractivity (Wildman–Crippen MR) is 120 cm³/mol. The molecule has 2 saturated heterocycles. The van der Waals surface area contributed by atoms with Crippen LogP contribution in [0.5, 0.6) is 5.75 Å². The van der Waals surface area contributed by atoms with Gasteiger partial charge >= 0.3 is 0 Å². The van der Waals surface area contributed by atoms with Crippen molar-refractivity contribution in [1.82, 2.24) is 20.7 Å². The summed E-state index contributed by atoms with van der Waals surface area (Å²) in [5.41, 5.74) is 0.0196. The molecule has 12 heteroatoms. The number of carbonyl (C=O) groups is 4. The van der Waals surface area contributed by atoms with Gasteiger partial charge in [-0.3, -0.25) is 24.6 Å². The van der Waals surface area contributed by atoms with E-state index >= 15 is 0 Å². The van der Waals surface area contributed by atoms with Crippen molar-refractivity contribution in [3.8, 4) is 5.75 Å². The summed E-state index contributed by atoms with van der Waals surface area (Å²) in [6, 6.07) is 4.48. The summed E-state index contributed by atoms with van der Waals surface area (Å²) in [5, 5.41) is 3.37. The van der Waals surface area contributed by atoms with E-state index in [1.54, 1.807) is 0 Å². The summed E-state index contributed by atoms with van der Waals surface area (Å²) in [4.78, 5) is 52.1. The average molecular weight is 513 g/mol. The van der Waals surface area contributed by atoms with Gasteiger partial charge in [-0.1, -0.05) is 24.1 Å². The second-order valence-electron chi connectivity index (χ2n) is 9.09. The van der Waals surface area contributed by atoms with Gasteiger partial charge in [-0.15, -0.1) is 0 Å². The van der Waals surface area contributed by atoms with Crippen molar-refractivity contribution in [3.63, 3.8) is 0 Å². The zero-order valence-corrected chi connectivity index (χ0v) is 19.7. The van der Waals surface area contributed by atoms with E-state index < -0.39 is 47.7 Å². The number of fused-ring (bicyclic) bond motifs is 1. The molecule has 190 valence electrons. The molecule has 9 nitrogen and oxygen atoms in total. The molecule has 4 rings (SSSR count). The predicted octanol–water partition coefficient (Wildman–Crippen LogP) is 1.36. The van der Waals surface area contributed by atoms with E-state index in [0.29, 0.717) is 19.5 Å². The molecular formula is C23H27ClF2N4O5. The van der Waals surface area contributed by atoms with Crippen LogP contribution in [0.15, 0.2) is 24.3 Å². The Morgan fingerprint density at radius 3 is 2.77 bits per heavy atom. The molecule has 5 atom stereocenters. The third kappa shape index (κ3) is 5.66. The summed E-state index contributed by atoms with van der Waals surface area (Å²) in [6.07, 6.45) is 2.90. The minimum Gasteiger partial charge on any atom is -0.484 e. The Kier molecular flexibility index (Phi) is 7.73. The maximum atomic E-state index is 13.7. The molecule has 0 radical (unpaired) electrons. The number of benzene rings is 1. The second kappa shape index (κ2) is 10.8. The first-order valence-corrected chi connectivity index (χ1v) is 12.0. The normalized spacial score (nSPS) is 26.1. The minimum absolute atomic E-state index is 0.107. The maximum absolute atomic E-state index is 13.7. The fourth-order valence-corrected chi connectivity index (χ4v) is 5.35. The number of hydrogen-bond donors (Lipinski definition) is 2. The number of nitrogens with zero attached hydrogens (tertiary/aromatic N) is 2. The summed E-state index contributed by atoms with van der Waals surface area (Å²) < 4.78 is 32.5. The number of hydrogen-bond acceptors (Lipinski definition) is 5. The number of nitrogens with one attached hydrogen (secondary N) is 2. The summed E-state index contributed by atoms with van der Waals surface area (Å²) in [5.74, 6) is -3.56. The maximum Gasteiger partial charge on any atom is 0.291 e. The first kappa shape index (κ1) is 25.2. The van der Waals surface area contributed by atoms with E-state index in [1.165, 1.54) is 23.1 Å². The van der Waals surface area contributed by atoms with E-state index in [-0.39, 0.29) is 30.0 Å². The highest BCUT2D eigenvalue weighted by Crippen LogP contribution is 2.42. The van der Waals surface area contributed by atoms with Gasteiger partial charge in [-0.2, -0.15) is 0 Å². The van der Waals surface area contributed by atoms with Gasteiger partial charge in [0.2, 0.25) is 5.91 Å². The molecule has 4 amide bonds. The number of halogens is 3. The molecule has 0 spiro atoms. The molecule has 2 aliphatic heterocycles. The van der Waals surface area contributed by atoms with Crippen molar-refractivity contribution in [2.24, 2.45) is 17.8 Å². The fourth-order valence-electron chi connectivity index (χ4n) is 5.23. The van der Waals surface area contributed by atoms with Crippen molar-refractivity contribution >= 4 is 35.2 Å². The fraction of sp³-hybridized carbons (Fsp3) is 0.565. The SMILES string of the molecule is O=C1NCC[C@H]1CN(NC(=O)[C@H]1[C@@H]2CCC[C@@H]2CN1C(=O)COc1cccc(F)c1)C(=O)C(F)Cl. The lowest BCUT2D eigenvalue weighted by Gasteiger charge is -2.31. The molecule has 2 heterocycles. The van der Waals surface area contributed by atoms with Crippen LogP contribution in [0.3, 0.4) is 0 Å². The van der Waals surface area contributed by atoms with Crippen LogP contribution in [0.2, 0.25) is 0 Å². The van der Waals surface area contributed by atoms with E-state index in [9.17, 15) is 28.0 Å². The standard InChI is InChI=1S/C23H27ClF2N4O5/c24-20(26)23(34)30(11-14-7-8-27-21(14)32)28-22(33)19-17-6-1-3-13(17)10-29(19)18(31)12-35-16-5-2-4-15(25)9-16/h2,4-5,9,13-14,17,19-20H,1,3,6-8,10-12H2,(H,27,32)(H,28,33)/t13-,14+,17-,19-,20?/m1/s1. The number of rotatable bonds is 7. The molecule has 1 saturated carbocycles. The summed E-state index contributed by atoms with van der Waals surface area (Å²) in [6.45, 7) is 0.125. The van der Waals surface area contributed by atoms with Gasteiger partial charge < -0.3 is 15.0 Å². The molecule has 1 aliphatic carbocycles. The Bertz CT molecular complexity index is 996. The zero-order chi connectivity index (χ0) is 25.1. The number of hydrazine groups is 1. The smallest absolute Gasteiger partial charge is 0.291 e. The van der Waals surface area contributed by atoms with Crippen LogP contribution < -0.4 is 15.5 Å². The molecule has 3 fully saturated rings. The lowest BCUT2D eigenvalue weighted by Crippen LogP contribution is -2.57. The van der Waals surface area contributed by atoms with E-state index in [0.717, 1.165) is 30.3 Å². The number of alkyl halides is 2. The van der Waals surface area contributed by atoms with Crippen LogP contribution in [-0.4, -0.2) is 71.5 Å². The first-order chi connectivity index (χ1) is 16.7. The van der Waals surface area contributed by atoms with E-state index in [4.69, 9.17) is 16.3 Å². The third-order valence-corrected chi connectivity index (χ3v) is 7.09. The number of amides is 4. The molecule has 0 bridgehead atoms. The van der Waals surface area contributed by atoms with Crippen molar-refractivity contribution < 1.29 is 32.7 Å². The van der Waals surface area contributed by atoms with Crippen molar-refractivity contribution in [2.75, 3.05) is 26.2 Å². The van der Waals surface area contributed by atoms with Crippen LogP contribution in [0, 0.1) is 23.6 Å². The highest BCUT2D eigenvalue weighted by Gasteiger charge is 2.50. The van der Waals surface area contributed by atoms with E-state index in [2.05, 4.69) is 10.7 Å². The monoisotopic (exact) mass is 512 g/mol. The van der Waals surface area contributed by atoms with Crippen LogP contribution in [0.25, 0.3) is 0 Å². The molecule has 1 unspecified atom stereocenters. The van der Waals surface area contributed by atoms with Crippen LogP contribution in [0.1, 0.15) is 25.7 Å². The number of likely N-dealkylation sites (tertiary alicyclic amines) is 1. The van der Waals surface area contributed by atoms with E-state index in [1.807, 2.05) is 0 Å². The molecule has 0 aromatic heterocycles. The lowest BCUT2D eigenvalue weighted by atomic mass is 9.93. The second-order valence-corrected chi connectivity index (χ2v) is 9.48. The number of carbonyl (C=O) groups excluding carboxylic acids is 4. The van der Waals surface area contributed by atoms with Gasteiger partial charge in [0, 0.05) is 19.2 Å². The highest BCUT2D eigenvalue weighted by atomic mass is 35.5. The van der Waals surface area contributed by atoms with Crippen LogP contribution >= 0.6 is 11.6 Å². The third-order valence-electron chi connectivity index (χ3n) is 6.90. The Morgan fingerprint density at radius 2 is 2.09 bits per heavy atom. The Morgan fingerprint density at radius 1 is 1.29 bits per heavy atom. The Hall–Kier alpha value is -2.95. The first-order valence-electron chi connectivity index (χ1n) is 11.6. The summed E-state index contributed by atoms with van der Waals surface area (Å²) in [7, 11) is 0. The van der Waals surface area contributed by atoms with Gasteiger partial charge in [0.05, 0.1) is 12.5 Å². The average Bonchev–Trinajstić information content (AvgIpc) is 3.52. The molecule has 1 aromatic carbocycles. The highest BCUT2D eigenvalue weighted by molar-refractivity contribution is 6.29. The molecular weight excluding hydrogens is 486 g/mol. The van der Waals surface area contributed by atoms with Gasteiger partial charge in [0.15, 0.2) is 6.61 Å².